The molecule has 104 valence electrons. The number of halogens is 1. The Bertz CT molecular complexity index is 642. The number of hydrogen-bond donors (Lipinski definition) is 1. The monoisotopic (exact) mass is 334 g/mol. The fourth-order valence-corrected chi connectivity index (χ4v) is 2.16. The molecule has 5 heteroatoms. The van der Waals surface area contributed by atoms with Crippen LogP contribution in [0.4, 0.5) is 0 Å². The van der Waals surface area contributed by atoms with Crippen LogP contribution in [-0.4, -0.2) is 10.9 Å². The minimum Gasteiger partial charge on any atom is -0.439 e. The molecule has 0 saturated carbocycles. The van der Waals surface area contributed by atoms with Gasteiger partial charge in [0.2, 0.25) is 5.88 Å². The lowest BCUT2D eigenvalue weighted by Gasteiger charge is -2.13. The number of rotatable bonds is 4. The van der Waals surface area contributed by atoms with Crippen molar-refractivity contribution >= 4 is 21.8 Å². The number of pyridine rings is 1. The highest BCUT2D eigenvalue weighted by atomic mass is 79.9. The molecule has 1 amide bonds. The van der Waals surface area contributed by atoms with Crippen LogP contribution in [0.15, 0.2) is 40.9 Å². The summed E-state index contributed by atoms with van der Waals surface area (Å²) in [6, 6.07) is 10.7. The molecule has 0 aliphatic heterocycles. The molecule has 0 spiro atoms. The summed E-state index contributed by atoms with van der Waals surface area (Å²) in [7, 11) is 0. The Morgan fingerprint density at radius 1 is 1.30 bits per heavy atom. The van der Waals surface area contributed by atoms with E-state index >= 15 is 0 Å². The second kappa shape index (κ2) is 6.05. The van der Waals surface area contributed by atoms with Gasteiger partial charge in [-0.15, -0.1) is 0 Å². The van der Waals surface area contributed by atoms with Crippen molar-refractivity contribution < 1.29 is 9.53 Å². The molecule has 1 aromatic heterocycles. The van der Waals surface area contributed by atoms with Gasteiger partial charge >= 0.3 is 0 Å². The summed E-state index contributed by atoms with van der Waals surface area (Å²) < 4.78 is 6.77. The Kier molecular flexibility index (Phi) is 4.39. The van der Waals surface area contributed by atoms with E-state index in [1.54, 1.807) is 18.2 Å². The van der Waals surface area contributed by atoms with Gasteiger partial charge in [0.25, 0.3) is 5.91 Å². The number of nitrogens with two attached hydrogens (primary N) is 1. The molecule has 2 aromatic rings. The third-order valence-electron chi connectivity index (χ3n) is 2.78. The highest BCUT2D eigenvalue weighted by Gasteiger charge is 2.11. The number of benzene rings is 1. The molecule has 0 fully saturated rings. The molecule has 2 N–H and O–H groups in total. The number of hydrogen-bond acceptors (Lipinski definition) is 3. The van der Waals surface area contributed by atoms with E-state index in [4.69, 9.17) is 10.5 Å². The molecule has 20 heavy (non-hydrogen) atoms. The van der Waals surface area contributed by atoms with Gasteiger partial charge in [0.15, 0.2) is 0 Å². The van der Waals surface area contributed by atoms with E-state index in [0.29, 0.717) is 11.8 Å². The molecule has 0 radical (unpaired) electrons. The predicted molar refractivity (Wildman–Crippen MR) is 81.1 cm³/mol. The maximum atomic E-state index is 11.1. The Hall–Kier alpha value is -1.88. The van der Waals surface area contributed by atoms with E-state index < -0.39 is 5.91 Å². The smallest absolute Gasteiger partial charge is 0.267 e. The van der Waals surface area contributed by atoms with Crippen LogP contribution in [0.1, 0.15) is 35.8 Å². The number of carbonyl (C=O) groups excluding carboxylic acids is 1. The van der Waals surface area contributed by atoms with Crippen LogP contribution in [0, 0.1) is 0 Å². The van der Waals surface area contributed by atoms with Gasteiger partial charge in [-0.3, -0.25) is 4.79 Å². The topological polar surface area (TPSA) is 65.2 Å². The van der Waals surface area contributed by atoms with E-state index in [9.17, 15) is 4.79 Å². The molecular weight excluding hydrogens is 320 g/mol. The van der Waals surface area contributed by atoms with Crippen LogP contribution in [0.5, 0.6) is 11.6 Å². The zero-order valence-corrected chi connectivity index (χ0v) is 12.8. The van der Waals surface area contributed by atoms with Crippen LogP contribution in [0.2, 0.25) is 0 Å². The lowest BCUT2D eigenvalue weighted by Crippen LogP contribution is -2.13. The van der Waals surface area contributed by atoms with Crippen LogP contribution >= 0.6 is 15.9 Å². The van der Waals surface area contributed by atoms with Gasteiger partial charge in [-0.05, 0) is 35.7 Å². The Labute approximate surface area is 126 Å². The Balaban J connectivity index is 2.35. The Morgan fingerprint density at radius 3 is 2.70 bits per heavy atom. The third-order valence-corrected chi connectivity index (χ3v) is 3.28. The van der Waals surface area contributed by atoms with Gasteiger partial charge in [0, 0.05) is 10.5 Å². The second-order valence-electron chi connectivity index (χ2n) is 4.66. The average Bonchev–Trinajstić information content (AvgIpc) is 2.41. The molecular formula is C15H15BrN2O2. The lowest BCUT2D eigenvalue weighted by molar-refractivity contribution is 0.0995. The first-order chi connectivity index (χ1) is 9.47. The highest BCUT2D eigenvalue weighted by Crippen LogP contribution is 2.32. The fraction of sp³-hybridized carbons (Fsp3) is 0.200. The minimum absolute atomic E-state index is 0.186. The molecule has 0 bridgehead atoms. The summed E-state index contributed by atoms with van der Waals surface area (Å²) in [5.41, 5.74) is 6.46. The quantitative estimate of drug-likeness (QED) is 0.923. The van der Waals surface area contributed by atoms with E-state index in [1.165, 1.54) is 0 Å². The summed E-state index contributed by atoms with van der Waals surface area (Å²) in [6.45, 7) is 4.17. The van der Waals surface area contributed by atoms with Gasteiger partial charge in [-0.25, -0.2) is 4.98 Å². The second-order valence-corrected chi connectivity index (χ2v) is 5.58. The minimum atomic E-state index is -0.574. The predicted octanol–water partition coefficient (Wildman–Crippen LogP) is 3.86. The fourth-order valence-electron chi connectivity index (χ4n) is 1.79. The van der Waals surface area contributed by atoms with Crippen molar-refractivity contribution in [1.82, 2.24) is 4.98 Å². The van der Waals surface area contributed by atoms with E-state index in [0.717, 1.165) is 15.8 Å². The van der Waals surface area contributed by atoms with Crippen molar-refractivity contribution in [3.8, 4) is 11.6 Å². The van der Waals surface area contributed by atoms with Gasteiger partial charge in [0.1, 0.15) is 11.4 Å². The highest BCUT2D eigenvalue weighted by molar-refractivity contribution is 9.10. The molecule has 0 aliphatic rings. The van der Waals surface area contributed by atoms with Crippen molar-refractivity contribution in [2.24, 2.45) is 5.73 Å². The lowest BCUT2D eigenvalue weighted by atomic mass is 10.0. The number of amides is 1. The summed E-state index contributed by atoms with van der Waals surface area (Å²) in [6.07, 6.45) is 0. The average molecular weight is 335 g/mol. The first kappa shape index (κ1) is 14.5. The van der Waals surface area contributed by atoms with Crippen LogP contribution < -0.4 is 10.5 Å². The first-order valence-corrected chi connectivity index (χ1v) is 7.01. The van der Waals surface area contributed by atoms with Crippen molar-refractivity contribution in [2.45, 2.75) is 19.8 Å². The number of primary amides is 1. The molecule has 0 saturated heterocycles. The van der Waals surface area contributed by atoms with Crippen molar-refractivity contribution in [3.63, 3.8) is 0 Å². The Morgan fingerprint density at radius 2 is 2.05 bits per heavy atom. The van der Waals surface area contributed by atoms with E-state index in [2.05, 4.69) is 34.8 Å². The standard InChI is InChI=1S/C15H15BrN2O2/c1-9(2)11-8-10(16)6-7-13(11)20-14-5-3-4-12(18-14)15(17)19/h3-9H,1-2H3,(H2,17,19). The van der Waals surface area contributed by atoms with Gasteiger partial charge in [-0.2, -0.15) is 0 Å². The molecule has 4 nitrogen and oxygen atoms in total. The number of ether oxygens (including phenoxy) is 1. The third kappa shape index (κ3) is 3.36. The summed E-state index contributed by atoms with van der Waals surface area (Å²) in [5.74, 6) is 0.806. The van der Waals surface area contributed by atoms with Crippen molar-refractivity contribution in [3.05, 3.63) is 52.1 Å². The normalized spacial score (nSPS) is 10.6. The summed E-state index contributed by atoms with van der Waals surface area (Å²) in [5, 5.41) is 0. The van der Waals surface area contributed by atoms with Gasteiger partial charge < -0.3 is 10.5 Å². The van der Waals surface area contributed by atoms with Crippen LogP contribution in [-0.2, 0) is 0 Å². The number of nitrogens with zero attached hydrogens (tertiary/aromatic N) is 1. The maximum absolute atomic E-state index is 11.1. The van der Waals surface area contributed by atoms with E-state index in [1.807, 2.05) is 18.2 Å². The van der Waals surface area contributed by atoms with Crippen molar-refractivity contribution in [1.29, 1.82) is 0 Å². The maximum Gasteiger partial charge on any atom is 0.267 e. The molecule has 1 aromatic carbocycles. The molecule has 2 rings (SSSR count). The zero-order chi connectivity index (χ0) is 14.7. The first-order valence-electron chi connectivity index (χ1n) is 6.21. The van der Waals surface area contributed by atoms with Gasteiger partial charge in [-0.1, -0.05) is 35.8 Å². The number of carbonyl (C=O) groups is 1. The van der Waals surface area contributed by atoms with Gasteiger partial charge in [0.05, 0.1) is 0 Å². The van der Waals surface area contributed by atoms with Crippen LogP contribution in [0.3, 0.4) is 0 Å². The summed E-state index contributed by atoms with van der Waals surface area (Å²) >= 11 is 3.45. The van der Waals surface area contributed by atoms with Crippen LogP contribution in [0.25, 0.3) is 0 Å². The van der Waals surface area contributed by atoms with Crippen molar-refractivity contribution in [2.75, 3.05) is 0 Å². The SMILES string of the molecule is CC(C)c1cc(Br)ccc1Oc1cccc(C(N)=O)n1. The van der Waals surface area contributed by atoms with E-state index in [-0.39, 0.29) is 5.69 Å². The molecule has 0 unspecified atom stereocenters. The molecule has 0 aliphatic carbocycles. The molecule has 1 heterocycles. The largest absolute Gasteiger partial charge is 0.439 e. The summed E-state index contributed by atoms with van der Waals surface area (Å²) in [4.78, 5) is 15.2. The number of aromatic nitrogens is 1. The zero-order valence-electron chi connectivity index (χ0n) is 11.3. The molecule has 0 atom stereocenters.